The van der Waals surface area contributed by atoms with Crippen LogP contribution in [0.4, 0.5) is 0 Å². The van der Waals surface area contributed by atoms with Gasteiger partial charge in [-0.2, -0.15) is 0 Å². The monoisotopic (exact) mass is 444 g/mol. The van der Waals surface area contributed by atoms with E-state index < -0.39 is 26.1 Å². The molecule has 31 heavy (non-hydrogen) atoms. The highest BCUT2D eigenvalue weighted by Crippen LogP contribution is 2.38. The molecule has 0 amide bonds. The lowest BCUT2D eigenvalue weighted by Gasteiger charge is -2.47. The third-order valence-electron chi connectivity index (χ3n) is 5.68. The van der Waals surface area contributed by atoms with Crippen molar-refractivity contribution in [2.45, 2.75) is 63.9 Å². The lowest BCUT2D eigenvalue weighted by Crippen LogP contribution is -2.69. The van der Waals surface area contributed by atoms with Crippen LogP contribution in [0.1, 0.15) is 41.0 Å². The van der Waals surface area contributed by atoms with Crippen molar-refractivity contribution in [1.29, 1.82) is 0 Å². The molecule has 0 saturated heterocycles. The summed E-state index contributed by atoms with van der Waals surface area (Å²) in [4.78, 5) is 11.2. The lowest BCUT2D eigenvalue weighted by molar-refractivity contribution is -0.180. The molecule has 6 heteroatoms. The number of hydrogen-bond donors (Lipinski definition) is 1. The van der Waals surface area contributed by atoms with Gasteiger partial charge in [-0.1, -0.05) is 81.4 Å². The van der Waals surface area contributed by atoms with Gasteiger partial charge in [-0.3, -0.25) is 0 Å². The Morgan fingerprint density at radius 3 is 1.84 bits per heavy atom. The number of ether oxygens (including phenoxy) is 2. The topological polar surface area (TPSA) is 65.0 Å². The number of rotatable bonds is 11. The summed E-state index contributed by atoms with van der Waals surface area (Å²) in [6.07, 6.45) is -0.607. The minimum atomic E-state index is -2.84. The van der Waals surface area contributed by atoms with Gasteiger partial charge in [-0.25, -0.2) is 0 Å². The van der Waals surface area contributed by atoms with E-state index in [9.17, 15) is 9.90 Å². The van der Waals surface area contributed by atoms with E-state index >= 15 is 0 Å². The highest BCUT2D eigenvalue weighted by Gasteiger charge is 2.53. The molecule has 1 N–H and O–H groups in total. The van der Waals surface area contributed by atoms with Gasteiger partial charge < -0.3 is 23.8 Å². The van der Waals surface area contributed by atoms with E-state index in [1.54, 1.807) is 6.92 Å². The predicted molar refractivity (Wildman–Crippen MR) is 126 cm³/mol. The summed E-state index contributed by atoms with van der Waals surface area (Å²) in [5.41, 5.74) is -1.40. The largest absolute Gasteiger partial charge is 0.402 e. The molecule has 170 valence electrons. The number of benzene rings is 2. The number of aliphatic hydroxyl groups is 1. The van der Waals surface area contributed by atoms with E-state index in [1.807, 2.05) is 43.3 Å². The summed E-state index contributed by atoms with van der Waals surface area (Å²) in [7, 11) is -1.31. The van der Waals surface area contributed by atoms with E-state index in [2.05, 4.69) is 45.0 Å². The Bertz CT molecular complexity index is 762. The molecule has 0 unspecified atom stereocenters. The van der Waals surface area contributed by atoms with Crippen molar-refractivity contribution in [1.82, 2.24) is 0 Å². The van der Waals surface area contributed by atoms with Crippen molar-refractivity contribution >= 4 is 25.0 Å². The van der Waals surface area contributed by atoms with Crippen LogP contribution >= 0.6 is 0 Å². The molecule has 0 radical (unpaired) electrons. The predicted octanol–water partition coefficient (Wildman–Crippen LogP) is 3.28. The van der Waals surface area contributed by atoms with Gasteiger partial charge in [0.05, 0.1) is 11.7 Å². The van der Waals surface area contributed by atoms with Gasteiger partial charge in [-0.15, -0.1) is 0 Å². The summed E-state index contributed by atoms with van der Waals surface area (Å²) in [6.45, 7) is 10.1. The SMILES string of the molecule is COCO[C@@H]([C@H](C)O[Si](c1ccccc1)(c1ccccc1)C(C)(C)C)[C@](C)(O)CC=O. The standard InChI is InChI=1S/C25H36O5Si/c1-20(23(29-19-28-6)25(5,27)17-18-26)30-31(24(2,3)4,21-13-9-7-10-14-21)22-15-11-8-12-16-22/h7-16,18,20,23,27H,17,19H2,1-6H3/t20-,23-,25+/m0/s1. The van der Waals surface area contributed by atoms with Crippen LogP contribution in [-0.2, 0) is 18.7 Å². The van der Waals surface area contributed by atoms with Gasteiger partial charge in [0.1, 0.15) is 19.2 Å². The van der Waals surface area contributed by atoms with Crippen molar-refractivity contribution in [2.24, 2.45) is 0 Å². The fourth-order valence-electron chi connectivity index (χ4n) is 4.28. The maximum absolute atomic E-state index is 11.2. The van der Waals surface area contributed by atoms with Gasteiger partial charge in [0.25, 0.3) is 8.32 Å². The number of hydrogen-bond acceptors (Lipinski definition) is 5. The smallest absolute Gasteiger partial charge is 0.261 e. The molecule has 0 aliphatic rings. The minimum absolute atomic E-state index is 0.00583. The van der Waals surface area contributed by atoms with Gasteiger partial charge in [0, 0.05) is 13.5 Å². The first-order chi connectivity index (χ1) is 14.6. The zero-order valence-corrected chi connectivity index (χ0v) is 20.5. The molecule has 5 nitrogen and oxygen atoms in total. The molecular weight excluding hydrogens is 408 g/mol. The summed E-state index contributed by atoms with van der Waals surface area (Å²) < 4.78 is 18.0. The summed E-state index contributed by atoms with van der Waals surface area (Å²) in [6, 6.07) is 20.6. The fourth-order valence-corrected chi connectivity index (χ4v) is 8.97. The minimum Gasteiger partial charge on any atom is -0.402 e. The van der Waals surface area contributed by atoms with Crippen molar-refractivity contribution in [3.05, 3.63) is 60.7 Å². The van der Waals surface area contributed by atoms with Crippen LogP contribution in [0.25, 0.3) is 0 Å². The second-order valence-corrected chi connectivity index (χ2v) is 13.5. The maximum Gasteiger partial charge on any atom is 0.261 e. The van der Waals surface area contributed by atoms with Crippen LogP contribution in [0.2, 0.25) is 5.04 Å². The Kier molecular flexibility index (Phi) is 8.74. The van der Waals surface area contributed by atoms with E-state index in [1.165, 1.54) is 7.11 Å². The molecule has 2 aromatic carbocycles. The quantitative estimate of drug-likeness (QED) is 0.327. The molecule has 0 spiro atoms. The number of carbonyl (C=O) groups is 1. The van der Waals surface area contributed by atoms with Gasteiger partial charge in [0.15, 0.2) is 0 Å². The highest BCUT2D eigenvalue weighted by atomic mass is 28.4. The van der Waals surface area contributed by atoms with E-state index in [0.29, 0.717) is 6.29 Å². The van der Waals surface area contributed by atoms with Crippen LogP contribution < -0.4 is 10.4 Å². The van der Waals surface area contributed by atoms with Crippen LogP contribution in [-0.4, -0.2) is 51.4 Å². The van der Waals surface area contributed by atoms with Crippen molar-refractivity contribution in [2.75, 3.05) is 13.9 Å². The molecule has 2 aromatic rings. The fraction of sp³-hybridized carbons (Fsp3) is 0.480. The molecule has 0 heterocycles. The Morgan fingerprint density at radius 2 is 1.45 bits per heavy atom. The third kappa shape index (κ3) is 5.70. The molecule has 2 rings (SSSR count). The van der Waals surface area contributed by atoms with E-state index in [-0.39, 0.29) is 18.3 Å². The lowest BCUT2D eigenvalue weighted by atomic mass is 9.92. The number of aldehydes is 1. The van der Waals surface area contributed by atoms with Gasteiger partial charge >= 0.3 is 0 Å². The average molecular weight is 445 g/mol. The molecule has 0 aliphatic carbocycles. The maximum atomic E-state index is 11.2. The molecule has 0 fully saturated rings. The van der Waals surface area contributed by atoms with E-state index in [0.717, 1.165) is 10.4 Å². The molecule has 0 bridgehead atoms. The molecule has 0 saturated carbocycles. The Hall–Kier alpha value is -1.83. The molecule has 3 atom stereocenters. The van der Waals surface area contributed by atoms with Gasteiger partial charge in [-0.05, 0) is 29.3 Å². The summed E-state index contributed by atoms with van der Waals surface area (Å²) in [5, 5.41) is 13.1. The van der Waals surface area contributed by atoms with E-state index in [4.69, 9.17) is 13.9 Å². The number of carbonyl (C=O) groups excluding carboxylic acids is 1. The Morgan fingerprint density at radius 1 is 0.968 bits per heavy atom. The van der Waals surface area contributed by atoms with Crippen molar-refractivity contribution in [3.63, 3.8) is 0 Å². The Balaban J connectivity index is 2.62. The second kappa shape index (κ2) is 10.7. The van der Waals surface area contributed by atoms with Crippen molar-refractivity contribution < 1.29 is 23.8 Å². The molecular formula is C25H36O5Si. The van der Waals surface area contributed by atoms with Crippen LogP contribution in [0.3, 0.4) is 0 Å². The van der Waals surface area contributed by atoms with Crippen molar-refractivity contribution in [3.8, 4) is 0 Å². The van der Waals surface area contributed by atoms with Crippen LogP contribution in [0.5, 0.6) is 0 Å². The van der Waals surface area contributed by atoms with Gasteiger partial charge in [0.2, 0.25) is 0 Å². The first-order valence-corrected chi connectivity index (χ1v) is 12.6. The number of methoxy groups -OCH3 is 1. The third-order valence-corrected chi connectivity index (χ3v) is 10.8. The zero-order valence-electron chi connectivity index (χ0n) is 19.5. The first kappa shape index (κ1) is 25.4. The first-order valence-electron chi connectivity index (χ1n) is 10.7. The molecule has 0 aliphatic heterocycles. The summed E-state index contributed by atoms with van der Waals surface area (Å²) >= 11 is 0. The highest BCUT2D eigenvalue weighted by molar-refractivity contribution is 6.99. The Labute approximate surface area is 187 Å². The second-order valence-electron chi connectivity index (χ2n) is 9.21. The zero-order chi connectivity index (χ0) is 23.1. The average Bonchev–Trinajstić information content (AvgIpc) is 2.72. The van der Waals surface area contributed by atoms with Crippen LogP contribution in [0.15, 0.2) is 60.7 Å². The normalized spacial score (nSPS) is 16.4. The van der Waals surface area contributed by atoms with Crippen LogP contribution in [0, 0.1) is 0 Å². The molecule has 0 aromatic heterocycles. The summed E-state index contributed by atoms with van der Waals surface area (Å²) in [5.74, 6) is 0.